The second-order valence-electron chi connectivity index (χ2n) is 3.45. The van der Waals surface area contributed by atoms with Crippen molar-refractivity contribution in [2.24, 2.45) is 10.2 Å². The van der Waals surface area contributed by atoms with Gasteiger partial charge in [0.25, 0.3) is 5.56 Å². The first-order valence-electron chi connectivity index (χ1n) is 4.93. The van der Waals surface area contributed by atoms with Crippen molar-refractivity contribution in [1.82, 2.24) is 10.2 Å². The highest BCUT2D eigenvalue weighted by Gasteiger charge is 2.37. The topological polar surface area (TPSA) is 73.4 Å². The monoisotopic (exact) mass is 274 g/mol. The van der Waals surface area contributed by atoms with Gasteiger partial charge in [-0.3, -0.25) is 15.0 Å². The average Bonchev–Trinajstić information content (AvgIpc) is 2.69. The van der Waals surface area contributed by atoms with Crippen LogP contribution in [0, 0.1) is 5.82 Å². The molecular formula is C10H6F4N4O. The molecule has 2 N–H and O–H groups in total. The third-order valence-electron chi connectivity index (χ3n) is 2.15. The van der Waals surface area contributed by atoms with Gasteiger partial charge in [0.05, 0.1) is 0 Å². The fourth-order valence-corrected chi connectivity index (χ4v) is 1.29. The highest BCUT2D eigenvalue weighted by Crippen LogP contribution is 2.33. The van der Waals surface area contributed by atoms with Crippen molar-refractivity contribution in [3.63, 3.8) is 0 Å². The van der Waals surface area contributed by atoms with Crippen molar-refractivity contribution in [2.45, 2.75) is 6.18 Å². The molecule has 2 aromatic rings. The number of hydrogen-bond acceptors (Lipinski definition) is 3. The minimum Gasteiger partial charge on any atom is -0.292 e. The smallest absolute Gasteiger partial charge is 0.292 e. The van der Waals surface area contributed by atoms with E-state index in [4.69, 9.17) is 0 Å². The molecular weight excluding hydrogens is 268 g/mol. The minimum atomic E-state index is -4.79. The SMILES string of the molecule is O=c1[nH][nH]c(C(F)(F)F)c1N=Nc1ccccc1F. The Morgan fingerprint density at radius 2 is 1.74 bits per heavy atom. The maximum Gasteiger partial charge on any atom is 0.435 e. The van der Waals surface area contributed by atoms with E-state index in [1.54, 1.807) is 10.2 Å². The number of aromatic nitrogens is 2. The van der Waals surface area contributed by atoms with Crippen LogP contribution >= 0.6 is 0 Å². The summed E-state index contributed by atoms with van der Waals surface area (Å²) in [6, 6.07) is 5.11. The Morgan fingerprint density at radius 3 is 2.37 bits per heavy atom. The normalized spacial score (nSPS) is 12.2. The largest absolute Gasteiger partial charge is 0.435 e. The van der Waals surface area contributed by atoms with Crippen LogP contribution in [0.25, 0.3) is 0 Å². The van der Waals surface area contributed by atoms with Gasteiger partial charge < -0.3 is 0 Å². The van der Waals surface area contributed by atoms with Gasteiger partial charge in [-0.15, -0.1) is 10.2 Å². The molecule has 1 aromatic carbocycles. The maximum absolute atomic E-state index is 13.2. The van der Waals surface area contributed by atoms with Gasteiger partial charge in [-0.2, -0.15) is 13.2 Å². The molecule has 0 radical (unpaired) electrons. The molecule has 100 valence electrons. The standard InChI is InChI=1S/C10H6F4N4O/c11-5-3-1-2-4-6(5)15-16-7-8(10(12,13)14)17-18-9(7)19/h1-4H,(H2,17,18,19). The van der Waals surface area contributed by atoms with E-state index < -0.39 is 28.9 Å². The summed E-state index contributed by atoms with van der Waals surface area (Å²) in [5, 5.41) is 9.85. The van der Waals surface area contributed by atoms with E-state index in [-0.39, 0.29) is 5.69 Å². The number of rotatable bonds is 2. The first-order chi connectivity index (χ1) is 8.89. The zero-order valence-corrected chi connectivity index (χ0v) is 9.12. The fraction of sp³-hybridized carbons (Fsp3) is 0.100. The molecule has 0 amide bonds. The molecule has 0 spiro atoms. The van der Waals surface area contributed by atoms with Gasteiger partial charge in [0.2, 0.25) is 0 Å². The molecule has 0 bridgehead atoms. The number of hydrogen-bond donors (Lipinski definition) is 2. The van der Waals surface area contributed by atoms with Crippen LogP contribution in [0.15, 0.2) is 39.3 Å². The average molecular weight is 274 g/mol. The predicted octanol–water partition coefficient (Wildman–Crippen LogP) is 3.28. The second kappa shape index (κ2) is 4.67. The summed E-state index contributed by atoms with van der Waals surface area (Å²) >= 11 is 0. The molecule has 0 aliphatic heterocycles. The van der Waals surface area contributed by atoms with E-state index >= 15 is 0 Å². The van der Waals surface area contributed by atoms with E-state index in [2.05, 4.69) is 10.2 Å². The van der Waals surface area contributed by atoms with Crippen molar-refractivity contribution >= 4 is 11.4 Å². The van der Waals surface area contributed by atoms with Gasteiger partial charge in [0.1, 0.15) is 5.69 Å². The molecule has 0 atom stereocenters. The number of nitrogens with one attached hydrogen (secondary N) is 2. The van der Waals surface area contributed by atoms with Gasteiger partial charge in [-0.25, -0.2) is 4.39 Å². The molecule has 0 aliphatic carbocycles. The zero-order chi connectivity index (χ0) is 14.0. The molecule has 0 saturated carbocycles. The number of alkyl halides is 3. The fourth-order valence-electron chi connectivity index (χ4n) is 1.29. The summed E-state index contributed by atoms with van der Waals surface area (Å²) in [4.78, 5) is 11.2. The lowest BCUT2D eigenvalue weighted by molar-refractivity contribution is -0.140. The molecule has 0 aliphatic rings. The molecule has 1 aromatic heterocycles. The highest BCUT2D eigenvalue weighted by atomic mass is 19.4. The Hall–Kier alpha value is -2.45. The van der Waals surface area contributed by atoms with E-state index in [0.717, 1.165) is 6.07 Å². The van der Waals surface area contributed by atoms with E-state index in [1.165, 1.54) is 18.2 Å². The summed E-state index contributed by atoms with van der Waals surface area (Å²) in [7, 11) is 0. The van der Waals surface area contributed by atoms with Crippen LogP contribution in [0.1, 0.15) is 5.69 Å². The van der Waals surface area contributed by atoms with Gasteiger partial charge in [0, 0.05) is 0 Å². The van der Waals surface area contributed by atoms with Gasteiger partial charge in [-0.1, -0.05) is 12.1 Å². The van der Waals surface area contributed by atoms with E-state index in [1.807, 2.05) is 0 Å². The quantitative estimate of drug-likeness (QED) is 0.640. The third-order valence-corrected chi connectivity index (χ3v) is 2.15. The summed E-state index contributed by atoms with van der Waals surface area (Å²) in [5.74, 6) is -0.758. The Bertz CT molecular complexity index is 671. The van der Waals surface area contributed by atoms with Crippen LogP contribution in [0.2, 0.25) is 0 Å². The Kier molecular flexibility index (Phi) is 3.19. The summed E-state index contributed by atoms with van der Waals surface area (Å²) < 4.78 is 50.7. The first kappa shape index (κ1) is 13.0. The van der Waals surface area contributed by atoms with Crippen LogP contribution < -0.4 is 5.56 Å². The second-order valence-corrected chi connectivity index (χ2v) is 3.45. The number of azo groups is 1. The zero-order valence-electron chi connectivity index (χ0n) is 9.12. The summed E-state index contributed by atoms with van der Waals surface area (Å²) in [6.45, 7) is 0. The number of H-pyrrole nitrogens is 2. The van der Waals surface area contributed by atoms with Crippen LogP contribution in [0.3, 0.4) is 0 Å². The molecule has 0 unspecified atom stereocenters. The van der Waals surface area contributed by atoms with Crippen molar-refractivity contribution in [2.75, 3.05) is 0 Å². The molecule has 0 fully saturated rings. The molecule has 19 heavy (non-hydrogen) atoms. The molecule has 5 nitrogen and oxygen atoms in total. The van der Waals surface area contributed by atoms with Crippen molar-refractivity contribution in [1.29, 1.82) is 0 Å². The lowest BCUT2D eigenvalue weighted by Crippen LogP contribution is -2.06. The first-order valence-corrected chi connectivity index (χ1v) is 4.93. The third kappa shape index (κ3) is 2.69. The van der Waals surface area contributed by atoms with Crippen LogP contribution in [0.5, 0.6) is 0 Å². The molecule has 1 heterocycles. The molecule has 9 heteroatoms. The van der Waals surface area contributed by atoms with Crippen LogP contribution in [0.4, 0.5) is 28.9 Å². The van der Waals surface area contributed by atoms with E-state index in [0.29, 0.717) is 0 Å². The van der Waals surface area contributed by atoms with Crippen LogP contribution in [-0.2, 0) is 6.18 Å². The maximum atomic E-state index is 13.2. The predicted molar refractivity (Wildman–Crippen MR) is 57.0 cm³/mol. The number of benzene rings is 1. The van der Waals surface area contributed by atoms with Crippen molar-refractivity contribution < 1.29 is 17.6 Å². The highest BCUT2D eigenvalue weighted by molar-refractivity contribution is 5.43. The van der Waals surface area contributed by atoms with Gasteiger partial charge in [-0.05, 0) is 12.1 Å². The summed E-state index contributed by atoms with van der Waals surface area (Å²) in [6.07, 6.45) is -4.79. The summed E-state index contributed by atoms with van der Waals surface area (Å²) in [5.41, 5.74) is -3.67. The Balaban J connectivity index is 2.42. The number of nitrogens with zero attached hydrogens (tertiary/aromatic N) is 2. The Labute approximate surface area is 103 Å². The number of halogens is 4. The van der Waals surface area contributed by atoms with Crippen LogP contribution in [-0.4, -0.2) is 10.2 Å². The lowest BCUT2D eigenvalue weighted by atomic mass is 10.3. The van der Waals surface area contributed by atoms with Gasteiger partial charge >= 0.3 is 6.18 Å². The number of aromatic amines is 2. The minimum absolute atomic E-state index is 0.267. The van der Waals surface area contributed by atoms with Crippen molar-refractivity contribution in [3.05, 3.63) is 46.1 Å². The van der Waals surface area contributed by atoms with Gasteiger partial charge in [0.15, 0.2) is 17.2 Å². The molecule has 2 rings (SSSR count). The molecule has 0 saturated heterocycles. The lowest BCUT2D eigenvalue weighted by Gasteiger charge is -2.02. The Morgan fingerprint density at radius 1 is 1.05 bits per heavy atom. The van der Waals surface area contributed by atoms with E-state index in [9.17, 15) is 22.4 Å². The van der Waals surface area contributed by atoms with Crippen molar-refractivity contribution in [3.8, 4) is 0 Å².